The van der Waals surface area contributed by atoms with Crippen LogP contribution in [0.1, 0.15) is 20.9 Å². The van der Waals surface area contributed by atoms with Gasteiger partial charge in [0.05, 0.1) is 20.3 Å². The highest BCUT2D eigenvalue weighted by Crippen LogP contribution is 2.44. The monoisotopic (exact) mass is 384 g/mol. The summed E-state index contributed by atoms with van der Waals surface area (Å²) in [5.74, 6) is 0. The zero-order valence-electron chi connectivity index (χ0n) is 9.74. The van der Waals surface area contributed by atoms with Gasteiger partial charge in [-0.05, 0) is 12.1 Å². The third-order valence-corrected chi connectivity index (χ3v) is 5.39. The van der Waals surface area contributed by atoms with E-state index < -0.39 is 0 Å². The maximum absolute atomic E-state index is 11.0. The smallest absolute Gasteiger partial charge is 0.260 e. The molecule has 19 heavy (non-hydrogen) atoms. The van der Waals surface area contributed by atoms with Crippen LogP contribution in [0.2, 0.25) is 0 Å². The molecule has 98 valence electrons. The molecule has 6 heteroatoms. The van der Waals surface area contributed by atoms with Crippen molar-refractivity contribution in [2.45, 2.75) is 9.65 Å². The Balaban J connectivity index is 2.34. The topological polar surface area (TPSA) is 56.0 Å². The van der Waals surface area contributed by atoms with E-state index in [1.807, 2.05) is 18.2 Å². The van der Waals surface area contributed by atoms with E-state index in [0.717, 1.165) is 5.69 Å². The molecule has 2 rings (SSSR count). The minimum Gasteiger partial charge on any atom is -0.260 e. The van der Waals surface area contributed by atoms with Crippen LogP contribution in [0.4, 0.5) is 5.69 Å². The zero-order valence-corrected chi connectivity index (χ0v) is 12.9. The summed E-state index contributed by atoms with van der Waals surface area (Å²) in [7, 11) is 0. The molecule has 1 aromatic carbocycles. The van der Waals surface area contributed by atoms with Gasteiger partial charge in [0.2, 0.25) is 0 Å². The van der Waals surface area contributed by atoms with Crippen molar-refractivity contribution in [2.75, 3.05) is 0 Å². The average molecular weight is 386 g/mol. The third-order valence-electron chi connectivity index (χ3n) is 2.66. The minimum atomic E-state index is -0.373. The number of nitro groups is 1. The van der Waals surface area contributed by atoms with E-state index in [-0.39, 0.29) is 20.3 Å². The number of pyridine rings is 1. The van der Waals surface area contributed by atoms with Crippen molar-refractivity contribution >= 4 is 37.5 Å². The second kappa shape index (κ2) is 6.25. The number of hydrogen-bond donors (Lipinski definition) is 0. The number of benzene rings is 1. The van der Waals surface area contributed by atoms with Crippen LogP contribution >= 0.6 is 31.9 Å². The first kappa shape index (κ1) is 14.1. The van der Waals surface area contributed by atoms with Crippen LogP contribution in [0, 0.1) is 10.1 Å². The first-order valence-corrected chi connectivity index (χ1v) is 7.37. The molecule has 0 unspecified atom stereocenters. The molecule has 0 fully saturated rings. The number of nitro benzene ring substituents is 1. The van der Waals surface area contributed by atoms with Crippen LogP contribution in [-0.2, 0) is 0 Å². The molecule has 1 heterocycles. The van der Waals surface area contributed by atoms with Gasteiger partial charge in [0.1, 0.15) is 0 Å². The summed E-state index contributed by atoms with van der Waals surface area (Å²) < 4.78 is 0. The number of rotatable bonds is 4. The van der Waals surface area contributed by atoms with Crippen LogP contribution < -0.4 is 0 Å². The molecule has 4 nitrogen and oxygen atoms in total. The molecule has 0 aliphatic carbocycles. The quantitative estimate of drug-likeness (QED) is 0.440. The predicted molar refractivity (Wildman–Crippen MR) is 80.7 cm³/mol. The summed E-state index contributed by atoms with van der Waals surface area (Å²) in [4.78, 5) is 14.5. The molecule has 0 radical (unpaired) electrons. The zero-order chi connectivity index (χ0) is 13.8. The third kappa shape index (κ3) is 3.19. The fourth-order valence-corrected chi connectivity index (χ4v) is 2.95. The van der Waals surface area contributed by atoms with Crippen LogP contribution in [0.25, 0.3) is 0 Å². The SMILES string of the molecule is O=[N+]([O-])c1ccccc1[C@@H](Br)[C@@H](Br)c1ccccn1. The van der Waals surface area contributed by atoms with Gasteiger partial charge in [-0.25, -0.2) is 0 Å². The first-order chi connectivity index (χ1) is 9.11. The van der Waals surface area contributed by atoms with Crippen molar-refractivity contribution in [1.29, 1.82) is 0 Å². The van der Waals surface area contributed by atoms with Gasteiger partial charge >= 0.3 is 0 Å². The van der Waals surface area contributed by atoms with Crippen LogP contribution in [-0.4, -0.2) is 9.91 Å². The van der Waals surface area contributed by atoms with Gasteiger partial charge in [-0.1, -0.05) is 56.1 Å². The Morgan fingerprint density at radius 3 is 2.37 bits per heavy atom. The molecule has 0 amide bonds. The van der Waals surface area contributed by atoms with Crippen molar-refractivity contribution in [3.05, 3.63) is 70.0 Å². The molecule has 0 N–H and O–H groups in total. The summed E-state index contributed by atoms with van der Waals surface area (Å²) in [5.41, 5.74) is 1.55. The molecular weight excluding hydrogens is 376 g/mol. The van der Waals surface area contributed by atoms with Gasteiger partial charge in [-0.2, -0.15) is 0 Å². The van der Waals surface area contributed by atoms with E-state index in [4.69, 9.17) is 0 Å². The highest BCUT2D eigenvalue weighted by atomic mass is 79.9. The van der Waals surface area contributed by atoms with Crippen molar-refractivity contribution in [1.82, 2.24) is 4.98 Å². The molecule has 0 saturated carbocycles. The van der Waals surface area contributed by atoms with Crippen molar-refractivity contribution in [3.63, 3.8) is 0 Å². The predicted octanol–water partition coefficient (Wildman–Crippen LogP) is 4.56. The summed E-state index contributed by atoms with van der Waals surface area (Å²) in [5, 5.41) is 11.0. The Kier molecular flexibility index (Phi) is 4.66. The minimum absolute atomic E-state index is 0.102. The maximum atomic E-state index is 11.0. The highest BCUT2D eigenvalue weighted by molar-refractivity contribution is 9.12. The van der Waals surface area contributed by atoms with Gasteiger partial charge < -0.3 is 0 Å². The fraction of sp³-hybridized carbons (Fsp3) is 0.154. The number of alkyl halides is 2. The maximum Gasteiger partial charge on any atom is 0.273 e. The Labute approximate surface area is 127 Å². The van der Waals surface area contributed by atoms with Crippen LogP contribution in [0.3, 0.4) is 0 Å². The number of hydrogen-bond acceptors (Lipinski definition) is 3. The van der Waals surface area contributed by atoms with E-state index in [1.54, 1.807) is 24.4 Å². The lowest BCUT2D eigenvalue weighted by atomic mass is 10.1. The lowest BCUT2D eigenvalue weighted by Gasteiger charge is -2.16. The van der Waals surface area contributed by atoms with Crippen molar-refractivity contribution in [3.8, 4) is 0 Å². The van der Waals surface area contributed by atoms with Crippen molar-refractivity contribution in [2.24, 2.45) is 0 Å². The van der Waals surface area contributed by atoms with E-state index in [0.29, 0.717) is 5.56 Å². The Hall–Kier alpha value is -1.27. The van der Waals surface area contributed by atoms with Gasteiger partial charge in [0, 0.05) is 17.8 Å². The van der Waals surface area contributed by atoms with Gasteiger partial charge in [0.15, 0.2) is 0 Å². The fourth-order valence-electron chi connectivity index (χ4n) is 1.73. The number of halogens is 2. The summed E-state index contributed by atoms with van der Waals surface area (Å²) >= 11 is 7.06. The van der Waals surface area contributed by atoms with Crippen LogP contribution in [0.5, 0.6) is 0 Å². The summed E-state index contributed by atoms with van der Waals surface area (Å²) in [6.07, 6.45) is 1.70. The number of para-hydroxylation sites is 1. The molecule has 1 aromatic heterocycles. The second-order valence-electron chi connectivity index (χ2n) is 3.87. The molecule has 0 saturated heterocycles. The van der Waals surface area contributed by atoms with E-state index in [1.165, 1.54) is 6.07 Å². The molecule has 0 aliphatic rings. The molecular formula is C13H10Br2N2O2. The van der Waals surface area contributed by atoms with E-state index in [9.17, 15) is 10.1 Å². The molecule has 0 spiro atoms. The summed E-state index contributed by atoms with van der Waals surface area (Å²) in [6.45, 7) is 0. The van der Waals surface area contributed by atoms with Gasteiger partial charge in [0.25, 0.3) is 5.69 Å². The molecule has 2 atom stereocenters. The van der Waals surface area contributed by atoms with Gasteiger partial charge in [-0.15, -0.1) is 0 Å². The molecule has 2 aromatic rings. The van der Waals surface area contributed by atoms with Gasteiger partial charge in [-0.3, -0.25) is 15.1 Å². The average Bonchev–Trinajstić information content (AvgIpc) is 2.46. The summed E-state index contributed by atoms with van der Waals surface area (Å²) in [6, 6.07) is 12.3. The largest absolute Gasteiger partial charge is 0.273 e. The van der Waals surface area contributed by atoms with Crippen molar-refractivity contribution < 1.29 is 4.92 Å². The Bertz CT molecular complexity index is 578. The Morgan fingerprint density at radius 2 is 1.74 bits per heavy atom. The lowest BCUT2D eigenvalue weighted by molar-refractivity contribution is -0.385. The first-order valence-electron chi connectivity index (χ1n) is 5.53. The second-order valence-corrected chi connectivity index (χ2v) is 5.85. The lowest BCUT2D eigenvalue weighted by Crippen LogP contribution is -2.04. The Morgan fingerprint density at radius 1 is 1.05 bits per heavy atom. The highest BCUT2D eigenvalue weighted by Gasteiger charge is 2.26. The van der Waals surface area contributed by atoms with E-state index >= 15 is 0 Å². The number of aromatic nitrogens is 1. The van der Waals surface area contributed by atoms with Crippen LogP contribution in [0.15, 0.2) is 48.7 Å². The standard InChI is InChI=1S/C13H10Br2N2O2/c14-12(13(15)10-6-3-4-8-16-10)9-5-1-2-7-11(9)17(18)19/h1-8,12-13H/t12-,13+/m1/s1. The number of nitrogens with zero attached hydrogens (tertiary/aromatic N) is 2. The molecule has 0 aliphatic heterocycles. The normalized spacial score (nSPS) is 13.8. The molecule has 0 bridgehead atoms. The van der Waals surface area contributed by atoms with E-state index in [2.05, 4.69) is 36.8 Å².